The molecule has 0 spiro atoms. The van der Waals surface area contributed by atoms with Gasteiger partial charge in [0.05, 0.1) is 63.6 Å². The molecule has 0 bridgehead atoms. The molecule has 574 valence electrons. The normalized spacial score (nSPS) is 22.0. The fraction of sp³-hybridized carbons (Fsp3) is 0.552. The molecule has 0 aliphatic carbocycles. The Balaban J connectivity index is 0.000000161. The highest BCUT2D eigenvalue weighted by molar-refractivity contribution is 14.1. The monoisotopic (exact) mass is 1560 g/mol. The fourth-order valence-corrected chi connectivity index (χ4v) is 18.3. The first-order valence-electron chi connectivity index (χ1n) is 39.3. The minimum atomic E-state index is -0.307. The SMILES string of the molecule is Cc1ccc([C@H](C)N2CCN(C3(C)CCN([11C](=O)c4c(C)ncnc4C)CC3)C[C@@H]2C)cc1.Cc1ccc([C@H](CC[18F])N2CCN(C3(C)CCN(C(=O)c4c(C)ncnc4C)CC3)C[C@@H]2C)cc1.Cc1ccc([C@H](c2ccc([123I])cc2)N2CCN(C3(C)CCN(C(=O)c4c(C)ncnc4C)CC3)C[C@@H]2C)cc1. The predicted molar refractivity (Wildman–Crippen MR) is 435 cm³/mol. The minimum absolute atomic E-state index is 0.0491. The van der Waals surface area contributed by atoms with Gasteiger partial charge in [0.1, 0.15) is 19.0 Å². The minimum Gasteiger partial charge on any atom is -0.338 e. The highest BCUT2D eigenvalue weighted by Gasteiger charge is 2.45. The summed E-state index contributed by atoms with van der Waals surface area (Å²) in [6, 6.07) is 37.7. The van der Waals surface area contributed by atoms with Gasteiger partial charge in [-0.3, -0.25) is 48.2 Å². The molecule has 13 rings (SSSR count). The summed E-state index contributed by atoms with van der Waals surface area (Å²) in [5.74, 6) is 0.204. The Labute approximate surface area is 651 Å². The summed E-state index contributed by atoms with van der Waals surface area (Å²) >= 11 is 2.39. The van der Waals surface area contributed by atoms with Gasteiger partial charge in [-0.2, -0.15) is 0 Å². The molecule has 6 aliphatic heterocycles. The first-order chi connectivity index (χ1) is 51.1. The third-order valence-electron chi connectivity index (χ3n) is 25.2. The molecule has 3 aromatic heterocycles. The number of halogens is 2. The zero-order chi connectivity index (χ0) is 76.6. The summed E-state index contributed by atoms with van der Waals surface area (Å²) in [4.78, 5) is 87.0. The van der Waals surface area contributed by atoms with Gasteiger partial charge in [0.2, 0.25) is 0 Å². The second kappa shape index (κ2) is 35.3. The standard InChI is InChI=1S/C32H40IN5O.C28H40FN5O.C27H39N5O/c1-22-6-8-26(9-7-22)30(27-10-12-28(33)13-11-27)38-19-18-37(20-23(38)2)32(5)14-16-36(17-15-32)31(39)29-24(3)34-21-35-25(29)4;1-20-6-8-24(9-7-20)25(10-13-29)34-17-16-33(18-21(34)2)28(5)11-14-32(15-12-28)27(35)26-22(3)30-19-31-23(26)4;1-19-7-9-24(10-8-19)23(5)32-16-15-31(17-20(32)2)27(6)11-13-30(14-12-27)26(33)25-21(3)28-18-29-22(25)4/h6-13,21,23,30H,14-20H2,1-5H3;6-9,19,21,25H,10-18H2,1-5H3;7-10,18,20,23H,11-17H2,1-6H3/t23-,30+;21-,25-;20-,23-/m000/s1/i33-4;29-1;26-1. The molecule has 6 fully saturated rings. The van der Waals surface area contributed by atoms with Crippen molar-refractivity contribution in [2.75, 3.05) is 105 Å². The lowest BCUT2D eigenvalue weighted by atomic mass is 9.78. The topological polar surface area (TPSA) is 158 Å². The maximum atomic E-state index is 13.5. The summed E-state index contributed by atoms with van der Waals surface area (Å²) in [5, 5.41) is 0. The number of rotatable bonds is 15. The van der Waals surface area contributed by atoms with Crippen molar-refractivity contribution in [3.63, 3.8) is 0 Å². The summed E-state index contributed by atoms with van der Waals surface area (Å²) in [6.45, 7) is 47.7. The van der Waals surface area contributed by atoms with Gasteiger partial charge >= 0.3 is 0 Å². The average Bonchev–Trinajstić information content (AvgIpc) is 0.782. The molecule has 7 aromatic rings. The van der Waals surface area contributed by atoms with E-state index < -0.39 is 0 Å². The molecule has 0 radical (unpaired) electrons. The largest absolute Gasteiger partial charge is 0.338 e. The third-order valence-corrected chi connectivity index (χ3v) is 26.0. The molecule has 18 nitrogen and oxygen atoms in total. The lowest BCUT2D eigenvalue weighted by molar-refractivity contribution is -0.0318. The van der Waals surface area contributed by atoms with Crippen LogP contribution in [0.4, 0.5) is 4.39 Å². The molecular weight excluding hydrogens is 1440 g/mol. The summed E-state index contributed by atoms with van der Waals surface area (Å²) in [6.07, 6.45) is 11.0. The van der Waals surface area contributed by atoms with E-state index in [1.54, 1.807) is 0 Å². The van der Waals surface area contributed by atoms with Crippen molar-refractivity contribution in [3.05, 3.63) is 209 Å². The molecule has 4 aromatic carbocycles. The van der Waals surface area contributed by atoms with E-state index in [-0.39, 0.29) is 53.1 Å². The first kappa shape index (κ1) is 81.0. The lowest BCUT2D eigenvalue weighted by Crippen LogP contribution is -2.62. The molecule has 107 heavy (non-hydrogen) atoms. The van der Waals surface area contributed by atoms with Crippen LogP contribution in [-0.4, -0.2) is 231 Å². The number of benzene rings is 4. The molecule has 0 unspecified atom stereocenters. The second-order valence-corrected chi connectivity index (χ2v) is 33.8. The van der Waals surface area contributed by atoms with E-state index in [4.69, 9.17) is 0 Å². The highest BCUT2D eigenvalue weighted by Crippen LogP contribution is 2.40. The zero-order valence-electron chi connectivity index (χ0n) is 66.9. The molecule has 6 aliphatic rings. The van der Waals surface area contributed by atoms with Crippen LogP contribution in [0.3, 0.4) is 0 Å². The lowest BCUT2D eigenvalue weighted by Gasteiger charge is -2.53. The summed E-state index contributed by atoms with van der Waals surface area (Å²) in [7, 11) is 0. The van der Waals surface area contributed by atoms with Crippen LogP contribution < -0.4 is 0 Å². The number of hydrogen-bond acceptors (Lipinski definition) is 15. The van der Waals surface area contributed by atoms with Crippen molar-refractivity contribution in [2.45, 2.75) is 209 Å². The molecule has 0 saturated carbocycles. The van der Waals surface area contributed by atoms with Gasteiger partial charge in [-0.05, 0) is 213 Å². The van der Waals surface area contributed by atoms with E-state index >= 15 is 0 Å². The number of nitrogens with zero attached hydrogens (tertiary/aromatic N) is 15. The number of carbonyl (C=O) groups excluding carboxylic acids is 3. The van der Waals surface area contributed by atoms with E-state index in [0.717, 1.165) is 171 Å². The van der Waals surface area contributed by atoms with Crippen LogP contribution in [0.15, 0.2) is 116 Å². The molecule has 6 saturated heterocycles. The quantitative estimate of drug-likeness (QED) is 0.0892. The van der Waals surface area contributed by atoms with Crippen LogP contribution in [0, 0.1) is 65.9 Å². The van der Waals surface area contributed by atoms with E-state index in [1.165, 1.54) is 61.5 Å². The second-order valence-electron chi connectivity index (χ2n) is 32.6. The van der Waals surface area contributed by atoms with E-state index in [9.17, 15) is 18.8 Å². The number of aromatic nitrogens is 6. The van der Waals surface area contributed by atoms with Gasteiger partial charge in [0.25, 0.3) is 17.7 Å². The maximum absolute atomic E-state index is 13.5. The van der Waals surface area contributed by atoms with E-state index in [0.29, 0.717) is 47.3 Å². The number of carbonyl (C=O) groups is 3. The molecule has 3 amide bonds. The Kier molecular flexibility index (Phi) is 26.7. The van der Waals surface area contributed by atoms with Crippen molar-refractivity contribution in [2.24, 2.45) is 0 Å². The Morgan fingerprint density at radius 2 is 0.682 bits per heavy atom. The van der Waals surface area contributed by atoms with Crippen LogP contribution in [0.2, 0.25) is 0 Å². The van der Waals surface area contributed by atoms with Crippen molar-refractivity contribution >= 4 is 40.3 Å². The number of piperidine rings is 3. The third kappa shape index (κ3) is 18.7. The van der Waals surface area contributed by atoms with Gasteiger partial charge in [0, 0.05) is 149 Å². The van der Waals surface area contributed by atoms with Crippen LogP contribution in [0.1, 0.15) is 216 Å². The Bertz CT molecular complexity index is 4030. The summed E-state index contributed by atoms with van der Waals surface area (Å²) in [5.41, 5.74) is 16.0. The first-order valence-corrected chi connectivity index (χ1v) is 40.4. The maximum Gasteiger partial charge on any atom is 0.257 e. The predicted octanol–water partition coefficient (Wildman–Crippen LogP) is 14.5. The van der Waals surface area contributed by atoms with E-state index in [2.05, 4.69) is 248 Å². The van der Waals surface area contributed by atoms with Gasteiger partial charge in [0.15, 0.2) is 0 Å². The number of likely N-dealkylation sites (tertiary alicyclic amines) is 3. The Hall–Kier alpha value is -7.05. The van der Waals surface area contributed by atoms with Crippen molar-refractivity contribution < 1.29 is 18.8 Å². The number of aryl methyl sites for hydroxylation is 9. The number of alkyl halides is 1. The molecule has 6 atom stereocenters. The number of piperazine rings is 3. The molecule has 20 heteroatoms. The Morgan fingerprint density at radius 1 is 0.402 bits per heavy atom. The Morgan fingerprint density at radius 3 is 0.991 bits per heavy atom. The van der Waals surface area contributed by atoms with Gasteiger partial charge in [-0.1, -0.05) is 102 Å². The highest BCUT2D eigenvalue weighted by atomic mass is 123. The zero-order valence-corrected chi connectivity index (χ0v) is 69.0. The molecule has 9 heterocycles. The van der Waals surface area contributed by atoms with Gasteiger partial charge < -0.3 is 14.7 Å². The number of hydrogen-bond donors (Lipinski definition) is 0. The van der Waals surface area contributed by atoms with Crippen LogP contribution in [-0.2, 0) is 0 Å². The van der Waals surface area contributed by atoms with Crippen LogP contribution in [0.5, 0.6) is 0 Å². The van der Waals surface area contributed by atoms with Gasteiger partial charge in [-0.15, -0.1) is 0 Å². The van der Waals surface area contributed by atoms with Crippen molar-refractivity contribution in [3.8, 4) is 0 Å². The van der Waals surface area contributed by atoms with Crippen molar-refractivity contribution in [1.82, 2.24) is 74.0 Å². The van der Waals surface area contributed by atoms with Crippen LogP contribution in [0.25, 0.3) is 0 Å². The average molecular weight is 1560 g/mol. The van der Waals surface area contributed by atoms with Gasteiger partial charge in [-0.25, -0.2) is 29.9 Å². The van der Waals surface area contributed by atoms with Crippen LogP contribution >= 0.6 is 22.6 Å². The smallest absolute Gasteiger partial charge is 0.257 e. The molecular formula is C87H119FIN15O3. The molecule has 0 N–H and O–H groups in total. The van der Waals surface area contributed by atoms with Crippen molar-refractivity contribution in [1.29, 1.82) is 0 Å². The number of amides is 3. The fourth-order valence-electron chi connectivity index (χ4n) is 17.9. The summed E-state index contributed by atoms with van der Waals surface area (Å²) < 4.78 is 14.8. The van der Waals surface area contributed by atoms with E-state index in [1.807, 2.05) is 56.2 Å².